The SMILES string of the molecule is Cc1ccc(OC(=O)CCC2CCc3c([nH]c4ccc(Cl)cc34)C2c2ccc(OCCC(O)CC(C)C3CC=CCCC=N3)cc2)cc1. The molecule has 1 aliphatic carbocycles. The highest BCUT2D eigenvalue weighted by Crippen LogP contribution is 2.45. The Labute approximate surface area is 289 Å². The van der Waals surface area contributed by atoms with Gasteiger partial charge < -0.3 is 19.6 Å². The topological polar surface area (TPSA) is 83.9 Å². The predicted molar refractivity (Wildman–Crippen MR) is 195 cm³/mol. The monoisotopic (exact) mass is 666 g/mol. The van der Waals surface area contributed by atoms with Crippen LogP contribution in [0.3, 0.4) is 0 Å². The van der Waals surface area contributed by atoms with E-state index in [1.54, 1.807) is 0 Å². The van der Waals surface area contributed by atoms with Crippen molar-refractivity contribution in [3.05, 3.63) is 106 Å². The number of nitrogens with zero attached hydrogens (tertiary/aromatic N) is 1. The Bertz CT molecular complexity index is 1730. The Hall–Kier alpha value is -3.87. The zero-order chi connectivity index (χ0) is 33.5. The highest BCUT2D eigenvalue weighted by Gasteiger charge is 2.34. The zero-order valence-corrected chi connectivity index (χ0v) is 28.8. The molecule has 5 unspecified atom stereocenters. The first kappa shape index (κ1) is 34.0. The Morgan fingerprint density at radius 1 is 1.04 bits per heavy atom. The van der Waals surface area contributed by atoms with E-state index >= 15 is 0 Å². The van der Waals surface area contributed by atoms with Gasteiger partial charge in [-0.2, -0.15) is 0 Å². The number of ether oxygens (including phenoxy) is 2. The number of halogens is 1. The maximum atomic E-state index is 12.9. The Morgan fingerprint density at radius 2 is 1.83 bits per heavy atom. The summed E-state index contributed by atoms with van der Waals surface area (Å²) < 4.78 is 11.8. The fourth-order valence-corrected chi connectivity index (χ4v) is 7.48. The predicted octanol–water partition coefficient (Wildman–Crippen LogP) is 9.55. The molecule has 252 valence electrons. The number of H-pyrrole nitrogens is 1. The number of aryl methyl sites for hydroxylation is 2. The molecule has 6 rings (SSSR count). The lowest BCUT2D eigenvalue weighted by molar-refractivity contribution is -0.134. The second-order valence-electron chi connectivity index (χ2n) is 13.6. The quantitative estimate of drug-likeness (QED) is 0.0896. The average molecular weight is 667 g/mol. The van der Waals surface area contributed by atoms with Crippen molar-refractivity contribution in [1.82, 2.24) is 4.98 Å². The molecular weight excluding hydrogens is 620 g/mol. The maximum absolute atomic E-state index is 12.9. The molecule has 2 N–H and O–H groups in total. The van der Waals surface area contributed by atoms with Crippen LogP contribution in [-0.2, 0) is 11.2 Å². The fourth-order valence-electron chi connectivity index (χ4n) is 7.31. The van der Waals surface area contributed by atoms with Gasteiger partial charge >= 0.3 is 5.97 Å². The van der Waals surface area contributed by atoms with Crippen LogP contribution in [0.15, 0.2) is 83.9 Å². The summed E-state index contributed by atoms with van der Waals surface area (Å²) in [6, 6.07) is 22.2. The van der Waals surface area contributed by atoms with Crippen LogP contribution in [0.25, 0.3) is 10.9 Å². The van der Waals surface area contributed by atoms with Gasteiger partial charge in [-0.05, 0) is 124 Å². The number of aromatic nitrogens is 1. The van der Waals surface area contributed by atoms with Gasteiger partial charge in [-0.1, -0.05) is 60.5 Å². The lowest BCUT2D eigenvalue weighted by Crippen LogP contribution is -2.23. The number of aliphatic hydroxyl groups is 1. The third kappa shape index (κ3) is 8.58. The molecule has 4 aromatic rings. The van der Waals surface area contributed by atoms with E-state index in [9.17, 15) is 9.90 Å². The molecule has 0 bridgehead atoms. The summed E-state index contributed by atoms with van der Waals surface area (Å²) in [7, 11) is 0. The number of aliphatic imine (C=N–C) groups is 1. The second kappa shape index (κ2) is 16.0. The number of benzene rings is 3. The fraction of sp³-hybridized carbons (Fsp3) is 0.415. The molecule has 0 saturated carbocycles. The van der Waals surface area contributed by atoms with E-state index in [0.717, 1.165) is 60.4 Å². The van der Waals surface area contributed by atoms with Crippen molar-refractivity contribution in [3.63, 3.8) is 0 Å². The molecule has 2 heterocycles. The molecule has 0 radical (unpaired) electrons. The molecule has 7 heteroatoms. The third-order valence-electron chi connectivity index (χ3n) is 9.98. The van der Waals surface area contributed by atoms with Gasteiger partial charge in [0.15, 0.2) is 0 Å². The van der Waals surface area contributed by atoms with Crippen LogP contribution in [0.5, 0.6) is 11.5 Å². The van der Waals surface area contributed by atoms with Gasteiger partial charge in [-0.25, -0.2) is 0 Å². The minimum atomic E-state index is -0.432. The van der Waals surface area contributed by atoms with E-state index in [2.05, 4.69) is 48.3 Å². The Balaban J connectivity index is 1.10. The van der Waals surface area contributed by atoms with Crippen LogP contribution >= 0.6 is 11.6 Å². The highest BCUT2D eigenvalue weighted by molar-refractivity contribution is 6.31. The molecular formula is C41H47ClN2O4. The molecule has 0 amide bonds. The van der Waals surface area contributed by atoms with Crippen LogP contribution in [0.4, 0.5) is 0 Å². The summed E-state index contributed by atoms with van der Waals surface area (Å²) in [6.45, 7) is 4.64. The van der Waals surface area contributed by atoms with E-state index < -0.39 is 6.10 Å². The van der Waals surface area contributed by atoms with E-state index in [-0.39, 0.29) is 23.8 Å². The first-order valence-corrected chi connectivity index (χ1v) is 17.9. The van der Waals surface area contributed by atoms with Crippen molar-refractivity contribution < 1.29 is 19.4 Å². The largest absolute Gasteiger partial charge is 0.493 e. The van der Waals surface area contributed by atoms with Crippen LogP contribution in [0.1, 0.15) is 86.6 Å². The number of aromatic amines is 1. The lowest BCUT2D eigenvalue weighted by Gasteiger charge is -2.32. The minimum Gasteiger partial charge on any atom is -0.493 e. The smallest absolute Gasteiger partial charge is 0.311 e. The van der Waals surface area contributed by atoms with Crippen LogP contribution in [0, 0.1) is 18.8 Å². The van der Waals surface area contributed by atoms with Crippen molar-refractivity contribution in [2.45, 2.75) is 89.7 Å². The number of aliphatic hydroxyl groups excluding tert-OH is 1. The number of allylic oxidation sites excluding steroid dienone is 1. The van der Waals surface area contributed by atoms with Crippen LogP contribution < -0.4 is 9.47 Å². The van der Waals surface area contributed by atoms with Crippen molar-refractivity contribution in [2.75, 3.05) is 6.61 Å². The highest BCUT2D eigenvalue weighted by atomic mass is 35.5. The first-order valence-electron chi connectivity index (χ1n) is 17.5. The standard InChI is InChI=1S/C41H47ClN2O4/c1-27-8-15-34(16-9-27)48-39(46)21-13-30-12-19-35-36-26-31(42)14-20-38(36)44-41(35)40(30)29-10-17-33(18-11-29)47-24-22-32(45)25-28(2)37-7-5-3-4-6-23-43-37/h3,5,8-11,14-18,20,23,26,28,30,32,37,40,44-45H,4,6-7,12-13,19,21-22,24-25H2,1-2H3. The average Bonchev–Trinajstić information content (AvgIpc) is 3.42. The molecule has 1 aromatic heterocycles. The summed E-state index contributed by atoms with van der Waals surface area (Å²) >= 11 is 6.41. The summed E-state index contributed by atoms with van der Waals surface area (Å²) in [5, 5.41) is 12.7. The van der Waals surface area contributed by atoms with Crippen LogP contribution in [-0.4, -0.2) is 41.0 Å². The van der Waals surface area contributed by atoms with Gasteiger partial charge in [0.1, 0.15) is 11.5 Å². The number of carbonyl (C=O) groups excluding carboxylic acids is 1. The number of rotatable bonds is 12. The van der Waals surface area contributed by atoms with Crippen molar-refractivity contribution in [1.29, 1.82) is 0 Å². The molecule has 3 aromatic carbocycles. The summed E-state index contributed by atoms with van der Waals surface area (Å²) in [5.41, 5.74) is 5.90. The van der Waals surface area contributed by atoms with E-state index in [4.69, 9.17) is 26.1 Å². The van der Waals surface area contributed by atoms with Gasteiger partial charge in [0.2, 0.25) is 0 Å². The van der Waals surface area contributed by atoms with Gasteiger partial charge in [-0.3, -0.25) is 9.79 Å². The molecule has 0 spiro atoms. The molecule has 1 aliphatic heterocycles. The first-order chi connectivity index (χ1) is 23.3. The van der Waals surface area contributed by atoms with Crippen molar-refractivity contribution >= 4 is 34.7 Å². The number of esters is 1. The second-order valence-corrected chi connectivity index (χ2v) is 14.0. The third-order valence-corrected chi connectivity index (χ3v) is 10.2. The Morgan fingerprint density at radius 3 is 2.65 bits per heavy atom. The number of carbonyl (C=O) groups is 1. The molecule has 2 aliphatic rings. The minimum absolute atomic E-state index is 0.0928. The van der Waals surface area contributed by atoms with E-state index in [1.165, 1.54) is 22.2 Å². The molecule has 6 nitrogen and oxygen atoms in total. The van der Waals surface area contributed by atoms with Crippen molar-refractivity contribution in [2.24, 2.45) is 16.8 Å². The van der Waals surface area contributed by atoms with Gasteiger partial charge in [-0.15, -0.1) is 0 Å². The lowest BCUT2D eigenvalue weighted by atomic mass is 9.72. The molecule has 0 fully saturated rings. The van der Waals surface area contributed by atoms with Gasteiger partial charge in [0.25, 0.3) is 0 Å². The van der Waals surface area contributed by atoms with Gasteiger partial charge in [0.05, 0.1) is 18.8 Å². The number of hydrogen-bond acceptors (Lipinski definition) is 5. The molecule has 5 atom stereocenters. The number of fused-ring (bicyclic) bond motifs is 3. The summed E-state index contributed by atoms with van der Waals surface area (Å²) in [5.74, 6) is 1.81. The van der Waals surface area contributed by atoms with Crippen molar-refractivity contribution in [3.8, 4) is 11.5 Å². The normalized spacial score (nSPS) is 20.5. The number of hydrogen-bond donors (Lipinski definition) is 2. The summed E-state index contributed by atoms with van der Waals surface area (Å²) in [6.07, 6.45) is 13.3. The summed E-state index contributed by atoms with van der Waals surface area (Å²) in [4.78, 5) is 21.3. The van der Waals surface area contributed by atoms with E-state index in [1.807, 2.05) is 55.6 Å². The molecule has 0 saturated heterocycles. The zero-order valence-electron chi connectivity index (χ0n) is 28.0. The number of nitrogens with one attached hydrogen (secondary N) is 1. The molecule has 48 heavy (non-hydrogen) atoms. The maximum Gasteiger partial charge on any atom is 0.311 e. The van der Waals surface area contributed by atoms with Crippen LogP contribution in [0.2, 0.25) is 5.02 Å². The van der Waals surface area contributed by atoms with Gasteiger partial charge in [0, 0.05) is 40.4 Å². The Kier molecular flexibility index (Phi) is 11.3. The van der Waals surface area contributed by atoms with E-state index in [0.29, 0.717) is 37.5 Å².